The largest absolute Gasteiger partial charge is 0.340 e. The first-order valence-corrected chi connectivity index (χ1v) is 13.3. The van der Waals surface area contributed by atoms with Gasteiger partial charge in [-0.1, -0.05) is 41.4 Å². The number of aryl methyl sites for hydroxylation is 1. The molecule has 1 atom stereocenters. The minimum atomic E-state index is -3.58. The zero-order chi connectivity index (χ0) is 25.2. The standard InChI is InChI=1S/C25H25Cl2N5O2S/c1-17-13-21(22(15-28)18-3-5-19(26)6-4-18)23(27)14-24(17)30-25-8-7-20(16-29-25)35(33,34)32-11-9-31(2)10-12-32/h3-8,13-14,16,22H,9-12H2,1-2H3,(H,29,30). The molecule has 1 aliphatic heterocycles. The van der Waals surface area contributed by atoms with Crippen LogP contribution in [0.25, 0.3) is 0 Å². The molecule has 1 aromatic heterocycles. The van der Waals surface area contributed by atoms with Crippen molar-refractivity contribution < 1.29 is 8.42 Å². The summed E-state index contributed by atoms with van der Waals surface area (Å²) in [7, 11) is -1.60. The Morgan fingerprint density at radius 1 is 1.06 bits per heavy atom. The van der Waals surface area contributed by atoms with Crippen LogP contribution >= 0.6 is 23.2 Å². The number of hydrogen-bond donors (Lipinski definition) is 1. The van der Waals surface area contributed by atoms with Crippen molar-refractivity contribution in [2.75, 3.05) is 38.5 Å². The van der Waals surface area contributed by atoms with E-state index in [0.717, 1.165) is 11.1 Å². The van der Waals surface area contributed by atoms with Crippen molar-refractivity contribution in [3.05, 3.63) is 81.5 Å². The Kier molecular flexibility index (Phi) is 7.64. The summed E-state index contributed by atoms with van der Waals surface area (Å²) in [6.07, 6.45) is 1.37. The van der Waals surface area contributed by atoms with E-state index < -0.39 is 15.9 Å². The zero-order valence-corrected chi connectivity index (χ0v) is 21.7. The second kappa shape index (κ2) is 10.5. The van der Waals surface area contributed by atoms with Crippen LogP contribution in [0.2, 0.25) is 10.0 Å². The third-order valence-corrected chi connectivity index (χ3v) is 8.55. The quantitative estimate of drug-likeness (QED) is 0.481. The van der Waals surface area contributed by atoms with E-state index in [4.69, 9.17) is 23.2 Å². The van der Waals surface area contributed by atoms with Crippen molar-refractivity contribution >= 4 is 44.7 Å². The summed E-state index contributed by atoms with van der Waals surface area (Å²) >= 11 is 12.6. The number of anilines is 2. The summed E-state index contributed by atoms with van der Waals surface area (Å²) in [6, 6.07) is 16.3. The van der Waals surface area contributed by atoms with Gasteiger partial charge in [0, 0.05) is 48.1 Å². The summed E-state index contributed by atoms with van der Waals surface area (Å²) < 4.78 is 27.3. The van der Waals surface area contributed by atoms with E-state index in [1.807, 2.05) is 32.2 Å². The van der Waals surface area contributed by atoms with Crippen molar-refractivity contribution in [3.63, 3.8) is 0 Å². The molecule has 1 saturated heterocycles. The van der Waals surface area contributed by atoms with Gasteiger partial charge in [-0.25, -0.2) is 13.4 Å². The number of nitriles is 1. The van der Waals surface area contributed by atoms with Gasteiger partial charge in [0.2, 0.25) is 10.0 Å². The SMILES string of the molecule is Cc1cc(C(C#N)c2ccc(Cl)cc2)c(Cl)cc1Nc1ccc(S(=O)(=O)N2CCN(C)CC2)cn1. The van der Waals surface area contributed by atoms with E-state index in [0.29, 0.717) is 53.3 Å². The summed E-state index contributed by atoms with van der Waals surface area (Å²) in [5.74, 6) is -0.0477. The van der Waals surface area contributed by atoms with Gasteiger partial charge in [-0.2, -0.15) is 9.57 Å². The summed E-state index contributed by atoms with van der Waals surface area (Å²) in [6.45, 7) is 4.23. The molecule has 7 nitrogen and oxygen atoms in total. The van der Waals surface area contributed by atoms with Crippen LogP contribution in [0.4, 0.5) is 11.5 Å². The van der Waals surface area contributed by atoms with Crippen LogP contribution in [0, 0.1) is 18.3 Å². The zero-order valence-electron chi connectivity index (χ0n) is 19.4. The maximum atomic E-state index is 12.9. The number of piperazine rings is 1. The highest BCUT2D eigenvalue weighted by atomic mass is 35.5. The molecule has 182 valence electrons. The summed E-state index contributed by atoms with van der Waals surface area (Å²) in [5, 5.41) is 14.0. The van der Waals surface area contributed by atoms with Crippen molar-refractivity contribution in [1.29, 1.82) is 5.26 Å². The van der Waals surface area contributed by atoms with Gasteiger partial charge < -0.3 is 10.2 Å². The Morgan fingerprint density at radius 2 is 1.74 bits per heavy atom. The van der Waals surface area contributed by atoms with Gasteiger partial charge in [0.1, 0.15) is 10.7 Å². The van der Waals surface area contributed by atoms with Crippen LogP contribution in [-0.2, 0) is 10.0 Å². The fraction of sp³-hybridized carbons (Fsp3) is 0.280. The van der Waals surface area contributed by atoms with Gasteiger partial charge >= 0.3 is 0 Å². The number of pyridine rings is 1. The Bertz CT molecular complexity index is 1350. The van der Waals surface area contributed by atoms with Crippen LogP contribution in [0.3, 0.4) is 0 Å². The van der Waals surface area contributed by atoms with E-state index in [1.165, 1.54) is 10.5 Å². The topological polar surface area (TPSA) is 89.3 Å². The van der Waals surface area contributed by atoms with Gasteiger partial charge in [-0.15, -0.1) is 0 Å². The average Bonchev–Trinajstić information content (AvgIpc) is 2.84. The maximum Gasteiger partial charge on any atom is 0.244 e. The predicted molar refractivity (Wildman–Crippen MR) is 139 cm³/mol. The van der Waals surface area contributed by atoms with Crippen LogP contribution in [-0.4, -0.2) is 55.8 Å². The third-order valence-electron chi connectivity index (χ3n) is 6.09. The molecule has 0 radical (unpaired) electrons. The average molecular weight is 530 g/mol. The van der Waals surface area contributed by atoms with E-state index >= 15 is 0 Å². The number of sulfonamides is 1. The molecule has 0 bridgehead atoms. The van der Waals surface area contributed by atoms with E-state index in [1.54, 1.807) is 30.3 Å². The van der Waals surface area contributed by atoms with Gasteiger partial charge in [0.25, 0.3) is 0 Å². The van der Waals surface area contributed by atoms with Crippen LogP contribution in [0.15, 0.2) is 59.6 Å². The smallest absolute Gasteiger partial charge is 0.244 e. The number of rotatable bonds is 6. The molecule has 0 amide bonds. The molecule has 1 fully saturated rings. The molecule has 2 aromatic carbocycles. The number of likely N-dealkylation sites (N-methyl/N-ethyl adjacent to an activating group) is 1. The lowest BCUT2D eigenvalue weighted by Gasteiger charge is -2.31. The van der Waals surface area contributed by atoms with Crippen LogP contribution < -0.4 is 5.32 Å². The second-order valence-corrected chi connectivity index (χ2v) is 11.3. The van der Waals surface area contributed by atoms with Gasteiger partial charge in [-0.3, -0.25) is 0 Å². The number of aromatic nitrogens is 1. The lowest BCUT2D eigenvalue weighted by atomic mass is 9.91. The maximum absolute atomic E-state index is 12.9. The third kappa shape index (κ3) is 5.61. The minimum absolute atomic E-state index is 0.164. The molecule has 4 rings (SSSR count). The molecule has 35 heavy (non-hydrogen) atoms. The number of nitrogens with one attached hydrogen (secondary N) is 1. The lowest BCUT2D eigenvalue weighted by Crippen LogP contribution is -2.47. The van der Waals surface area contributed by atoms with E-state index in [-0.39, 0.29) is 4.90 Å². The van der Waals surface area contributed by atoms with Crippen LogP contribution in [0.5, 0.6) is 0 Å². The van der Waals surface area contributed by atoms with Crippen molar-refractivity contribution in [2.45, 2.75) is 17.7 Å². The molecule has 1 N–H and O–H groups in total. The molecule has 2 heterocycles. The van der Waals surface area contributed by atoms with Crippen molar-refractivity contribution in [1.82, 2.24) is 14.2 Å². The predicted octanol–water partition coefficient (Wildman–Crippen LogP) is 5.03. The molecule has 0 saturated carbocycles. The molecule has 10 heteroatoms. The first-order valence-electron chi connectivity index (χ1n) is 11.1. The van der Waals surface area contributed by atoms with Crippen molar-refractivity contribution in [2.24, 2.45) is 0 Å². The van der Waals surface area contributed by atoms with Gasteiger partial charge in [-0.05, 0) is 61.0 Å². The fourth-order valence-electron chi connectivity index (χ4n) is 3.96. The summed E-state index contributed by atoms with van der Waals surface area (Å²) in [5.41, 5.74) is 3.09. The number of nitrogens with zero attached hydrogens (tertiary/aromatic N) is 4. The molecule has 0 spiro atoms. The molecule has 1 unspecified atom stereocenters. The highest BCUT2D eigenvalue weighted by Gasteiger charge is 2.27. The molecular weight excluding hydrogens is 505 g/mol. The monoisotopic (exact) mass is 529 g/mol. The first-order chi connectivity index (χ1) is 16.7. The Balaban J connectivity index is 1.53. The number of hydrogen-bond acceptors (Lipinski definition) is 6. The molecule has 0 aliphatic carbocycles. The Hall–Kier alpha value is -2.67. The van der Waals surface area contributed by atoms with E-state index in [9.17, 15) is 13.7 Å². The van der Waals surface area contributed by atoms with Crippen LogP contribution in [0.1, 0.15) is 22.6 Å². The van der Waals surface area contributed by atoms with Crippen molar-refractivity contribution in [3.8, 4) is 6.07 Å². The number of benzene rings is 2. The van der Waals surface area contributed by atoms with E-state index in [2.05, 4.69) is 21.3 Å². The Labute approximate surface area is 216 Å². The fourth-order valence-corrected chi connectivity index (χ4v) is 5.73. The lowest BCUT2D eigenvalue weighted by molar-refractivity contribution is 0.222. The second-order valence-electron chi connectivity index (χ2n) is 8.51. The summed E-state index contributed by atoms with van der Waals surface area (Å²) in [4.78, 5) is 6.58. The molecular formula is C25H25Cl2N5O2S. The highest BCUT2D eigenvalue weighted by Crippen LogP contribution is 2.35. The first kappa shape index (κ1) is 25.4. The Morgan fingerprint density at radius 3 is 2.34 bits per heavy atom. The normalized spacial score (nSPS) is 16.0. The number of halogens is 2. The molecule has 3 aromatic rings. The van der Waals surface area contributed by atoms with Gasteiger partial charge in [0.15, 0.2) is 0 Å². The minimum Gasteiger partial charge on any atom is -0.340 e. The molecule has 1 aliphatic rings. The van der Waals surface area contributed by atoms with Gasteiger partial charge in [0.05, 0.1) is 12.0 Å². The highest BCUT2D eigenvalue weighted by molar-refractivity contribution is 7.89.